The van der Waals surface area contributed by atoms with Crippen LogP contribution in [0.25, 0.3) is 32.8 Å². The lowest BCUT2D eigenvalue weighted by Crippen LogP contribution is -2.35. The predicted octanol–water partition coefficient (Wildman–Crippen LogP) is 8.06. The van der Waals surface area contributed by atoms with E-state index in [1.807, 2.05) is 0 Å². The fraction of sp³-hybridized carbons (Fsp3) is 0.667. The van der Waals surface area contributed by atoms with Crippen LogP contribution in [0.1, 0.15) is 105 Å². The van der Waals surface area contributed by atoms with Gasteiger partial charge in [-0.1, -0.05) is 67.5 Å². The molecular formula is C36H48N4O4. The summed E-state index contributed by atoms with van der Waals surface area (Å²) >= 11 is 0. The van der Waals surface area contributed by atoms with Crippen molar-refractivity contribution in [3.05, 3.63) is 35.9 Å². The normalized spacial score (nSPS) is 26.7. The summed E-state index contributed by atoms with van der Waals surface area (Å²) in [5.41, 5.74) is 4.25. The first-order chi connectivity index (χ1) is 20.9. The Morgan fingerprint density at radius 1 is 0.614 bits per heavy atom. The molecule has 0 N–H and O–H groups in total. The zero-order valence-electron chi connectivity index (χ0n) is 27.6. The second-order valence-corrected chi connectivity index (χ2v) is 15.7. The first-order valence-corrected chi connectivity index (χ1v) is 17.0. The van der Waals surface area contributed by atoms with Gasteiger partial charge in [-0.2, -0.15) is 0 Å². The Morgan fingerprint density at radius 3 is 1.36 bits per heavy atom. The summed E-state index contributed by atoms with van der Waals surface area (Å²) < 4.78 is 31.9. The number of hydrogen-bond acceptors (Lipinski definition) is 6. The van der Waals surface area contributed by atoms with Crippen LogP contribution in [0.15, 0.2) is 24.3 Å². The van der Waals surface area contributed by atoms with Crippen molar-refractivity contribution in [3.8, 4) is 0 Å². The predicted molar refractivity (Wildman–Crippen MR) is 171 cm³/mol. The van der Waals surface area contributed by atoms with Crippen molar-refractivity contribution in [1.82, 2.24) is 19.1 Å². The highest BCUT2D eigenvalue weighted by Crippen LogP contribution is 2.51. The molecule has 0 aliphatic carbocycles. The van der Waals surface area contributed by atoms with Crippen LogP contribution in [-0.2, 0) is 32.0 Å². The fourth-order valence-corrected chi connectivity index (χ4v) is 8.88. The molecule has 2 fully saturated rings. The van der Waals surface area contributed by atoms with E-state index < -0.39 is 11.6 Å². The van der Waals surface area contributed by atoms with Crippen molar-refractivity contribution in [2.45, 2.75) is 130 Å². The molecule has 2 aromatic heterocycles. The van der Waals surface area contributed by atoms with Gasteiger partial charge >= 0.3 is 0 Å². The molecule has 0 spiro atoms. The molecule has 6 heterocycles. The molecule has 8 rings (SSSR count). The van der Waals surface area contributed by atoms with Crippen LogP contribution >= 0.6 is 0 Å². The van der Waals surface area contributed by atoms with Gasteiger partial charge in [-0.15, -0.1) is 0 Å². The van der Waals surface area contributed by atoms with E-state index in [1.165, 1.54) is 0 Å². The first-order valence-electron chi connectivity index (χ1n) is 17.0. The van der Waals surface area contributed by atoms with Gasteiger partial charge in [-0.05, 0) is 41.2 Å². The Bertz CT molecular complexity index is 1610. The molecule has 0 radical (unpaired) electrons. The average Bonchev–Trinajstić information content (AvgIpc) is 3.71. The van der Waals surface area contributed by atoms with Crippen LogP contribution in [0.4, 0.5) is 0 Å². The zero-order chi connectivity index (χ0) is 30.7. The molecule has 0 amide bonds. The summed E-state index contributed by atoms with van der Waals surface area (Å²) in [5.74, 6) is 2.83. The van der Waals surface area contributed by atoms with Gasteiger partial charge in [0, 0.05) is 31.1 Å². The van der Waals surface area contributed by atoms with Crippen molar-refractivity contribution >= 4 is 32.8 Å². The van der Waals surface area contributed by atoms with E-state index in [9.17, 15) is 0 Å². The standard InChI is InChI=1S/C36H48N4O4/c1-19(2)13-35(14-20(3)4)41-26-17-39-24-11-9-23-10-12-25-30(28(23)29(24)37-33(39)31(26)43-35)38-34-32-27(18-40(25)34)42-36(44-32,15-21(5)6)16-22(7)8/h9-12,19-22,26-27,31-32H,13-18H2,1-8H3/t26-,27-,31-,32-/m1/s1. The van der Waals surface area contributed by atoms with Crippen molar-refractivity contribution in [1.29, 1.82) is 0 Å². The van der Waals surface area contributed by atoms with E-state index in [4.69, 9.17) is 28.9 Å². The molecule has 0 unspecified atom stereocenters. The van der Waals surface area contributed by atoms with Crippen molar-refractivity contribution in [3.63, 3.8) is 0 Å². The van der Waals surface area contributed by atoms with E-state index in [2.05, 4.69) is 88.8 Å². The molecular weight excluding hydrogens is 552 g/mol. The quantitative estimate of drug-likeness (QED) is 0.204. The van der Waals surface area contributed by atoms with Crippen molar-refractivity contribution in [2.24, 2.45) is 23.7 Å². The lowest BCUT2D eigenvalue weighted by Gasteiger charge is -2.32. The number of benzene rings is 2. The van der Waals surface area contributed by atoms with Crippen molar-refractivity contribution in [2.75, 3.05) is 0 Å². The summed E-state index contributed by atoms with van der Waals surface area (Å²) in [4.78, 5) is 10.7. The maximum atomic E-state index is 6.87. The third-order valence-electron chi connectivity index (χ3n) is 9.88. The lowest BCUT2D eigenvalue weighted by molar-refractivity contribution is -0.200. The number of rotatable bonds is 8. The molecule has 4 atom stereocenters. The first kappa shape index (κ1) is 28.9. The van der Waals surface area contributed by atoms with Gasteiger partial charge in [0.15, 0.2) is 11.6 Å². The molecule has 2 aromatic carbocycles. The average molecular weight is 601 g/mol. The molecule has 4 aromatic rings. The van der Waals surface area contributed by atoms with Crippen molar-refractivity contribution < 1.29 is 18.9 Å². The van der Waals surface area contributed by atoms with E-state index in [0.717, 1.165) is 83.3 Å². The summed E-state index contributed by atoms with van der Waals surface area (Å²) in [7, 11) is 0. The number of aromatic nitrogens is 4. The van der Waals surface area contributed by atoms with Crippen LogP contribution in [0.2, 0.25) is 0 Å². The second-order valence-electron chi connectivity index (χ2n) is 15.7. The number of ether oxygens (including phenoxy) is 4. The van der Waals surface area contributed by atoms with Gasteiger partial charge < -0.3 is 28.1 Å². The maximum absolute atomic E-state index is 6.87. The summed E-state index contributed by atoms with van der Waals surface area (Å²) in [6, 6.07) is 8.83. The highest BCUT2D eigenvalue weighted by atomic mass is 16.8. The number of imidazole rings is 2. The summed E-state index contributed by atoms with van der Waals surface area (Å²) in [6.45, 7) is 19.5. The summed E-state index contributed by atoms with van der Waals surface area (Å²) in [6.07, 6.45) is 3.27. The van der Waals surface area contributed by atoms with Crippen LogP contribution in [-0.4, -0.2) is 42.9 Å². The number of fused-ring (bicyclic) bond motifs is 13. The van der Waals surface area contributed by atoms with E-state index in [-0.39, 0.29) is 24.4 Å². The van der Waals surface area contributed by atoms with Gasteiger partial charge in [0.1, 0.15) is 36.1 Å². The second kappa shape index (κ2) is 9.99. The third kappa shape index (κ3) is 4.38. The molecule has 0 saturated carbocycles. The smallest absolute Gasteiger partial charge is 0.170 e. The number of nitrogens with zero attached hydrogens (tertiary/aromatic N) is 4. The summed E-state index contributed by atoms with van der Waals surface area (Å²) in [5, 5.41) is 2.27. The minimum atomic E-state index is -0.540. The minimum absolute atomic E-state index is 0.00399. The lowest BCUT2D eigenvalue weighted by atomic mass is 9.94. The largest absolute Gasteiger partial charge is 0.342 e. The molecule has 44 heavy (non-hydrogen) atoms. The van der Waals surface area contributed by atoms with E-state index in [1.54, 1.807) is 0 Å². The maximum Gasteiger partial charge on any atom is 0.170 e. The molecule has 8 heteroatoms. The van der Waals surface area contributed by atoms with Crippen LogP contribution in [0.5, 0.6) is 0 Å². The number of hydrogen-bond donors (Lipinski definition) is 0. The Morgan fingerprint density at radius 2 is 1.00 bits per heavy atom. The van der Waals surface area contributed by atoms with Crippen LogP contribution in [0, 0.1) is 23.7 Å². The Hall–Kier alpha value is -2.52. The van der Waals surface area contributed by atoms with E-state index in [0.29, 0.717) is 23.7 Å². The fourth-order valence-electron chi connectivity index (χ4n) is 8.88. The molecule has 0 bridgehead atoms. The molecule has 4 aliphatic rings. The highest BCUT2D eigenvalue weighted by Gasteiger charge is 2.55. The molecule has 4 aliphatic heterocycles. The Labute approximate surface area is 260 Å². The SMILES string of the molecule is CC(C)CC1(CC(C)C)O[C@@H]2Cn3c(nc4c5c(ccc43)ccc3c5nc4n3C[C@H]3OC(CC(C)C)(CC(C)C)O[C@@H]43)[C@@H]2O1. The van der Waals surface area contributed by atoms with Gasteiger partial charge in [-0.3, -0.25) is 0 Å². The van der Waals surface area contributed by atoms with Crippen LogP contribution < -0.4 is 0 Å². The topological polar surface area (TPSA) is 72.6 Å². The van der Waals surface area contributed by atoms with Gasteiger partial charge in [0.2, 0.25) is 0 Å². The van der Waals surface area contributed by atoms with Gasteiger partial charge in [-0.25, -0.2) is 9.97 Å². The zero-order valence-corrected chi connectivity index (χ0v) is 27.6. The monoisotopic (exact) mass is 600 g/mol. The molecule has 8 nitrogen and oxygen atoms in total. The molecule has 2 saturated heterocycles. The minimum Gasteiger partial charge on any atom is -0.342 e. The van der Waals surface area contributed by atoms with E-state index >= 15 is 0 Å². The third-order valence-corrected chi connectivity index (χ3v) is 9.88. The molecule has 236 valence electrons. The van der Waals surface area contributed by atoms with Crippen LogP contribution in [0.3, 0.4) is 0 Å². The van der Waals surface area contributed by atoms with Gasteiger partial charge in [0.05, 0.1) is 35.2 Å². The Balaban J connectivity index is 1.19. The Kier molecular flexibility index (Phi) is 6.56. The highest BCUT2D eigenvalue weighted by molar-refractivity contribution is 6.16. The van der Waals surface area contributed by atoms with Gasteiger partial charge in [0.25, 0.3) is 0 Å².